The Kier molecular flexibility index (Phi) is 3.72. The van der Waals surface area contributed by atoms with Gasteiger partial charge in [0.1, 0.15) is 0 Å². The molecular weight excluding hydrogens is 290 g/mol. The van der Waals surface area contributed by atoms with Gasteiger partial charge in [0.2, 0.25) is 5.92 Å². The summed E-state index contributed by atoms with van der Waals surface area (Å²) in [6, 6.07) is 6.81. The second-order valence-corrected chi connectivity index (χ2v) is 6.09. The van der Waals surface area contributed by atoms with Gasteiger partial charge >= 0.3 is 5.91 Å². The molecule has 1 unspecified atom stereocenters. The summed E-state index contributed by atoms with van der Waals surface area (Å²) in [4.78, 5) is 27.3. The van der Waals surface area contributed by atoms with Crippen LogP contribution in [0.4, 0.5) is 14.5 Å². The Morgan fingerprint density at radius 2 is 2.00 bits per heavy atom. The van der Waals surface area contributed by atoms with Crippen LogP contribution in [0.2, 0.25) is 0 Å². The second-order valence-electron chi connectivity index (χ2n) is 6.09. The minimum atomic E-state index is -2.72. The van der Waals surface area contributed by atoms with Crippen molar-refractivity contribution in [2.24, 2.45) is 5.92 Å². The highest BCUT2D eigenvalue weighted by atomic mass is 19.3. The summed E-state index contributed by atoms with van der Waals surface area (Å²) >= 11 is 0. The number of fused-ring (bicyclic) bond motifs is 1. The van der Waals surface area contributed by atoms with E-state index in [1.165, 1.54) is 4.90 Å². The fourth-order valence-electron chi connectivity index (χ4n) is 3.19. The molecule has 0 radical (unpaired) electrons. The van der Waals surface area contributed by atoms with Crippen molar-refractivity contribution in [1.29, 1.82) is 0 Å². The van der Waals surface area contributed by atoms with Gasteiger partial charge in [-0.3, -0.25) is 19.4 Å². The van der Waals surface area contributed by atoms with Crippen molar-refractivity contribution in [2.75, 3.05) is 24.7 Å². The molecule has 0 aromatic heterocycles. The summed E-state index contributed by atoms with van der Waals surface area (Å²) in [7, 11) is 0. The highest BCUT2D eigenvalue weighted by molar-refractivity contribution is 6.52. The van der Waals surface area contributed by atoms with Crippen molar-refractivity contribution >= 4 is 17.4 Å². The van der Waals surface area contributed by atoms with Crippen LogP contribution in [0.3, 0.4) is 0 Å². The van der Waals surface area contributed by atoms with Gasteiger partial charge in [0.15, 0.2) is 0 Å². The van der Waals surface area contributed by atoms with Gasteiger partial charge in [0.05, 0.1) is 17.9 Å². The lowest BCUT2D eigenvalue weighted by molar-refractivity contribution is -0.115. The molecule has 0 saturated carbocycles. The van der Waals surface area contributed by atoms with Crippen molar-refractivity contribution in [3.05, 3.63) is 29.8 Å². The summed E-state index contributed by atoms with van der Waals surface area (Å²) < 4.78 is 27.0. The number of para-hydroxylation sites is 1. The molecule has 2 heterocycles. The Labute approximate surface area is 127 Å². The second kappa shape index (κ2) is 5.43. The number of likely N-dealkylation sites (tertiary alicyclic amines) is 1. The minimum Gasteiger partial charge on any atom is -0.291 e. The number of Topliss-reactive ketones (excluding diaryl/α,β-unsaturated/α-hetero) is 1. The number of hydrogen-bond donors (Lipinski definition) is 0. The Bertz CT molecular complexity index is 612. The molecule has 0 spiro atoms. The maximum absolute atomic E-state index is 13.5. The largest absolute Gasteiger partial charge is 0.300 e. The molecule has 22 heavy (non-hydrogen) atoms. The van der Waals surface area contributed by atoms with Crippen LogP contribution in [-0.4, -0.2) is 42.3 Å². The molecule has 6 heteroatoms. The molecule has 3 rings (SSSR count). The van der Waals surface area contributed by atoms with Crippen LogP contribution in [0.25, 0.3) is 0 Å². The minimum absolute atomic E-state index is 0.189. The first-order valence-electron chi connectivity index (χ1n) is 7.43. The zero-order chi connectivity index (χ0) is 15.9. The quantitative estimate of drug-likeness (QED) is 0.806. The summed E-state index contributed by atoms with van der Waals surface area (Å²) in [5.74, 6) is -4.53. The lowest BCUT2D eigenvalue weighted by Gasteiger charge is -2.37. The Morgan fingerprint density at radius 1 is 1.27 bits per heavy atom. The van der Waals surface area contributed by atoms with E-state index in [1.807, 2.05) is 4.90 Å². The number of alkyl halides is 2. The normalized spacial score (nSPS) is 23.0. The molecule has 1 aromatic rings. The highest BCUT2D eigenvalue weighted by Gasteiger charge is 2.40. The monoisotopic (exact) mass is 308 g/mol. The predicted molar refractivity (Wildman–Crippen MR) is 78.0 cm³/mol. The van der Waals surface area contributed by atoms with Crippen LogP contribution in [0.5, 0.6) is 0 Å². The van der Waals surface area contributed by atoms with Gasteiger partial charge in [-0.15, -0.1) is 0 Å². The lowest BCUT2D eigenvalue weighted by atomic mass is 9.93. The Balaban J connectivity index is 1.76. The average Bonchev–Trinajstić information content (AvgIpc) is 2.72. The number of hydrogen-bond acceptors (Lipinski definition) is 3. The van der Waals surface area contributed by atoms with Crippen molar-refractivity contribution in [2.45, 2.75) is 25.7 Å². The van der Waals surface area contributed by atoms with Crippen LogP contribution in [0.15, 0.2) is 24.3 Å². The number of ketones is 1. The molecule has 0 bridgehead atoms. The van der Waals surface area contributed by atoms with Crippen molar-refractivity contribution < 1.29 is 18.4 Å². The first kappa shape index (κ1) is 15.1. The molecular formula is C16H18F2N2O2. The molecule has 1 atom stereocenters. The summed E-state index contributed by atoms with van der Waals surface area (Å²) in [5, 5.41) is 0. The van der Waals surface area contributed by atoms with E-state index >= 15 is 0 Å². The van der Waals surface area contributed by atoms with Crippen LogP contribution < -0.4 is 4.90 Å². The zero-order valence-electron chi connectivity index (χ0n) is 12.4. The average molecular weight is 308 g/mol. The standard InChI is InChI=1S/C16H18F2N2O2/c1-16(17,18)11-5-4-8-19(9-11)10-20-13-7-3-2-6-12(13)14(21)15(20)22/h2-3,6-7,11H,4-5,8-10H2,1H3. The number of benzene rings is 1. The number of nitrogens with zero attached hydrogens (tertiary/aromatic N) is 2. The Morgan fingerprint density at radius 3 is 2.73 bits per heavy atom. The predicted octanol–water partition coefficient (Wildman–Crippen LogP) is 2.54. The SMILES string of the molecule is CC(F)(F)C1CCCN(CN2C(=O)C(=O)c3ccccc32)C1. The van der Waals surface area contributed by atoms with Gasteiger partial charge in [-0.05, 0) is 38.4 Å². The summed E-state index contributed by atoms with van der Waals surface area (Å²) in [6.45, 7) is 2.03. The van der Waals surface area contributed by atoms with Gasteiger partial charge in [-0.25, -0.2) is 8.78 Å². The lowest BCUT2D eigenvalue weighted by Crippen LogP contribution is -2.48. The molecule has 2 aliphatic rings. The number of piperidine rings is 1. The highest BCUT2D eigenvalue weighted by Crippen LogP contribution is 2.33. The zero-order valence-corrected chi connectivity index (χ0v) is 12.4. The number of amides is 1. The molecule has 2 aliphatic heterocycles. The molecule has 4 nitrogen and oxygen atoms in total. The van der Waals surface area contributed by atoms with E-state index in [9.17, 15) is 18.4 Å². The maximum Gasteiger partial charge on any atom is 0.300 e. The first-order chi connectivity index (χ1) is 10.4. The molecule has 1 saturated heterocycles. The van der Waals surface area contributed by atoms with Gasteiger partial charge in [0, 0.05) is 12.5 Å². The van der Waals surface area contributed by atoms with Crippen LogP contribution in [0.1, 0.15) is 30.1 Å². The van der Waals surface area contributed by atoms with E-state index in [1.54, 1.807) is 24.3 Å². The van der Waals surface area contributed by atoms with Crippen LogP contribution in [-0.2, 0) is 4.79 Å². The molecule has 0 aliphatic carbocycles. The third kappa shape index (κ3) is 2.63. The van der Waals surface area contributed by atoms with E-state index in [2.05, 4.69) is 0 Å². The third-order valence-electron chi connectivity index (χ3n) is 4.44. The molecule has 0 N–H and O–H groups in total. The Hall–Kier alpha value is -1.82. The van der Waals surface area contributed by atoms with Crippen LogP contribution in [0, 0.1) is 5.92 Å². The van der Waals surface area contributed by atoms with Gasteiger partial charge in [0.25, 0.3) is 5.78 Å². The van der Waals surface area contributed by atoms with E-state index < -0.39 is 23.5 Å². The smallest absolute Gasteiger partial charge is 0.291 e. The van der Waals surface area contributed by atoms with E-state index in [-0.39, 0.29) is 13.2 Å². The third-order valence-corrected chi connectivity index (χ3v) is 4.44. The molecule has 1 amide bonds. The maximum atomic E-state index is 13.5. The topological polar surface area (TPSA) is 40.6 Å². The fraction of sp³-hybridized carbons (Fsp3) is 0.500. The van der Waals surface area contributed by atoms with E-state index in [4.69, 9.17) is 0 Å². The molecule has 118 valence electrons. The van der Waals surface area contributed by atoms with Crippen LogP contribution >= 0.6 is 0 Å². The number of carbonyl (C=O) groups is 2. The van der Waals surface area contributed by atoms with Crippen molar-refractivity contribution in [1.82, 2.24) is 4.90 Å². The summed E-state index contributed by atoms with van der Waals surface area (Å²) in [6.07, 6.45) is 1.16. The van der Waals surface area contributed by atoms with Gasteiger partial charge < -0.3 is 0 Å². The molecule has 1 fully saturated rings. The van der Waals surface area contributed by atoms with Gasteiger partial charge in [-0.1, -0.05) is 12.1 Å². The van der Waals surface area contributed by atoms with Crippen molar-refractivity contribution in [3.63, 3.8) is 0 Å². The molecule has 1 aromatic carbocycles. The van der Waals surface area contributed by atoms with Gasteiger partial charge in [-0.2, -0.15) is 0 Å². The van der Waals surface area contributed by atoms with E-state index in [0.29, 0.717) is 30.6 Å². The number of rotatable bonds is 3. The number of halogens is 2. The van der Waals surface area contributed by atoms with E-state index in [0.717, 1.165) is 6.92 Å². The fourth-order valence-corrected chi connectivity index (χ4v) is 3.19. The first-order valence-corrected chi connectivity index (χ1v) is 7.43. The number of carbonyl (C=O) groups excluding carboxylic acids is 2. The number of anilines is 1. The summed E-state index contributed by atoms with van der Waals surface area (Å²) in [5.41, 5.74) is 0.963. The van der Waals surface area contributed by atoms with Crippen molar-refractivity contribution in [3.8, 4) is 0 Å².